The number of hydrogen-bond donors (Lipinski definition) is 3. The largest absolute Gasteiger partial charge is 0.478 e. The molecule has 70 valence electrons. The van der Waals surface area contributed by atoms with E-state index in [-0.39, 0.29) is 5.57 Å². The summed E-state index contributed by atoms with van der Waals surface area (Å²) in [4.78, 5) is 25.0. The Morgan fingerprint density at radius 3 is 2.62 bits per heavy atom. The van der Waals surface area contributed by atoms with Gasteiger partial charge >= 0.3 is 12.1 Å². The Hall–Kier alpha value is -1.89. The first kappa shape index (κ1) is 9.20. The summed E-state index contributed by atoms with van der Waals surface area (Å²) in [5.41, 5.74) is 5.03. The van der Waals surface area contributed by atoms with E-state index >= 15 is 0 Å². The molecule has 0 aromatic carbocycles. The van der Waals surface area contributed by atoms with Gasteiger partial charge in [-0.15, -0.1) is 0 Å². The van der Waals surface area contributed by atoms with E-state index in [0.717, 1.165) is 12.4 Å². The van der Waals surface area contributed by atoms with Crippen molar-refractivity contribution >= 4 is 18.3 Å². The number of carboxylic acids is 1. The first-order valence-electron chi connectivity index (χ1n) is 3.27. The number of nitrogens with zero attached hydrogens (tertiary/aromatic N) is 2. The second kappa shape index (κ2) is 3.23. The van der Waals surface area contributed by atoms with Crippen molar-refractivity contribution in [1.82, 2.24) is 4.90 Å². The highest BCUT2D eigenvalue weighted by molar-refractivity contribution is 6.09. The normalized spacial score (nSPS) is 21.2. The number of aliphatic imine (C=N–C) groups is 1. The third-order valence-electron chi connectivity index (χ3n) is 1.40. The van der Waals surface area contributed by atoms with Crippen molar-refractivity contribution in [2.45, 2.75) is 6.29 Å². The van der Waals surface area contributed by atoms with E-state index in [1.54, 1.807) is 0 Å². The fourth-order valence-electron chi connectivity index (χ4n) is 0.767. The fraction of sp³-hybridized carbons (Fsp3) is 0.167. The Morgan fingerprint density at radius 1 is 1.54 bits per heavy atom. The Bertz CT molecular complexity index is 309. The number of amides is 1. The van der Waals surface area contributed by atoms with Crippen molar-refractivity contribution in [1.29, 1.82) is 0 Å². The van der Waals surface area contributed by atoms with Crippen LogP contribution in [-0.2, 0) is 4.79 Å². The second-order valence-electron chi connectivity index (χ2n) is 2.27. The summed E-state index contributed by atoms with van der Waals surface area (Å²) in [6.07, 6.45) is -0.474. The van der Waals surface area contributed by atoms with Crippen molar-refractivity contribution < 1.29 is 19.8 Å². The molecule has 0 saturated carbocycles. The summed E-state index contributed by atoms with van der Waals surface area (Å²) in [5, 5.41) is 17.0. The van der Waals surface area contributed by atoms with Crippen LogP contribution in [0.1, 0.15) is 0 Å². The van der Waals surface area contributed by atoms with Crippen molar-refractivity contribution in [3.63, 3.8) is 0 Å². The molecule has 1 unspecified atom stereocenters. The lowest BCUT2D eigenvalue weighted by Gasteiger charge is -2.22. The third kappa shape index (κ3) is 1.82. The molecule has 7 heteroatoms. The molecule has 4 N–H and O–H groups in total. The van der Waals surface area contributed by atoms with E-state index in [1.165, 1.54) is 0 Å². The van der Waals surface area contributed by atoms with Gasteiger partial charge in [0.2, 0.25) is 0 Å². The first-order chi connectivity index (χ1) is 6.02. The van der Waals surface area contributed by atoms with Gasteiger partial charge in [0.15, 0.2) is 6.29 Å². The number of rotatable bonds is 1. The number of carbonyl (C=O) groups is 2. The van der Waals surface area contributed by atoms with E-state index in [2.05, 4.69) is 4.99 Å². The highest BCUT2D eigenvalue weighted by Crippen LogP contribution is 2.07. The van der Waals surface area contributed by atoms with Gasteiger partial charge in [0.05, 0.1) is 5.57 Å². The number of aliphatic carboxylic acids is 1. The van der Waals surface area contributed by atoms with Crippen LogP contribution in [0.15, 0.2) is 16.8 Å². The zero-order valence-corrected chi connectivity index (χ0v) is 6.41. The van der Waals surface area contributed by atoms with Crippen LogP contribution in [0.4, 0.5) is 4.79 Å². The van der Waals surface area contributed by atoms with E-state index in [4.69, 9.17) is 15.9 Å². The standard InChI is InChI=1S/C6H7N3O4/c7-5-8-1-3(4(10)11)2-9(5)6(12)13/h1-2,5H,7H2,(H,10,11)(H,12,13). The number of carboxylic acid groups (broad SMARTS) is 2. The zero-order valence-electron chi connectivity index (χ0n) is 6.41. The molecule has 0 spiro atoms. The highest BCUT2D eigenvalue weighted by atomic mass is 16.4. The van der Waals surface area contributed by atoms with Crippen LogP contribution >= 0.6 is 0 Å². The van der Waals surface area contributed by atoms with Gasteiger partial charge in [-0.2, -0.15) is 0 Å². The molecule has 0 bridgehead atoms. The minimum atomic E-state index is -1.34. The summed E-state index contributed by atoms with van der Waals surface area (Å²) >= 11 is 0. The Kier molecular flexibility index (Phi) is 2.29. The quantitative estimate of drug-likeness (QED) is 0.497. The van der Waals surface area contributed by atoms with Gasteiger partial charge in [-0.1, -0.05) is 0 Å². The SMILES string of the molecule is NC1N=CC(C(=O)O)=CN1C(=O)O. The lowest BCUT2D eigenvalue weighted by molar-refractivity contribution is -0.132. The molecule has 1 atom stereocenters. The van der Waals surface area contributed by atoms with E-state index in [0.29, 0.717) is 4.90 Å². The molecule has 1 rings (SSSR count). The molecule has 0 aromatic rings. The van der Waals surface area contributed by atoms with Gasteiger partial charge in [0, 0.05) is 12.4 Å². The van der Waals surface area contributed by atoms with Crippen molar-refractivity contribution in [2.75, 3.05) is 0 Å². The van der Waals surface area contributed by atoms with Gasteiger partial charge in [-0.25, -0.2) is 14.5 Å². The lowest BCUT2D eigenvalue weighted by atomic mass is 10.3. The van der Waals surface area contributed by atoms with Gasteiger partial charge in [0.1, 0.15) is 0 Å². The maximum absolute atomic E-state index is 10.5. The second-order valence-corrected chi connectivity index (χ2v) is 2.27. The summed E-state index contributed by atoms with van der Waals surface area (Å²) in [5.74, 6) is -1.25. The van der Waals surface area contributed by atoms with Crippen molar-refractivity contribution in [3.05, 3.63) is 11.8 Å². The van der Waals surface area contributed by atoms with Crippen LogP contribution < -0.4 is 5.73 Å². The third-order valence-corrected chi connectivity index (χ3v) is 1.40. The Labute approximate surface area is 72.8 Å². The molecule has 0 aliphatic carbocycles. The van der Waals surface area contributed by atoms with Crippen LogP contribution in [0.25, 0.3) is 0 Å². The topological polar surface area (TPSA) is 116 Å². The summed E-state index contributed by atoms with van der Waals surface area (Å²) in [6, 6.07) is 0. The Balaban J connectivity index is 2.93. The maximum Gasteiger partial charge on any atom is 0.414 e. The molecular weight excluding hydrogens is 178 g/mol. The predicted octanol–water partition coefficient (Wildman–Crippen LogP) is -0.738. The molecule has 1 amide bonds. The van der Waals surface area contributed by atoms with E-state index in [9.17, 15) is 9.59 Å². The molecule has 0 saturated heterocycles. The molecule has 0 aromatic heterocycles. The molecule has 1 heterocycles. The van der Waals surface area contributed by atoms with Crippen LogP contribution in [0.2, 0.25) is 0 Å². The summed E-state index contributed by atoms with van der Waals surface area (Å²) < 4.78 is 0. The molecule has 1 aliphatic rings. The minimum absolute atomic E-state index is 0.218. The highest BCUT2D eigenvalue weighted by Gasteiger charge is 2.22. The summed E-state index contributed by atoms with van der Waals surface area (Å²) in [7, 11) is 0. The summed E-state index contributed by atoms with van der Waals surface area (Å²) in [6.45, 7) is 0. The average molecular weight is 185 g/mol. The van der Waals surface area contributed by atoms with Crippen LogP contribution in [0, 0.1) is 0 Å². The minimum Gasteiger partial charge on any atom is -0.478 e. The first-order valence-corrected chi connectivity index (χ1v) is 3.27. The molecule has 1 aliphatic heterocycles. The maximum atomic E-state index is 10.5. The van der Waals surface area contributed by atoms with Gasteiger partial charge < -0.3 is 10.2 Å². The molecule has 13 heavy (non-hydrogen) atoms. The lowest BCUT2D eigenvalue weighted by Crippen LogP contribution is -2.42. The number of hydrogen-bond acceptors (Lipinski definition) is 4. The monoisotopic (exact) mass is 185 g/mol. The predicted molar refractivity (Wildman–Crippen MR) is 42.0 cm³/mol. The van der Waals surface area contributed by atoms with E-state index in [1.807, 2.05) is 0 Å². The smallest absolute Gasteiger partial charge is 0.414 e. The molecule has 0 radical (unpaired) electrons. The van der Waals surface area contributed by atoms with Crippen LogP contribution in [-0.4, -0.2) is 39.7 Å². The van der Waals surface area contributed by atoms with Gasteiger partial charge in [-0.3, -0.25) is 10.7 Å². The van der Waals surface area contributed by atoms with E-state index < -0.39 is 18.4 Å². The zero-order chi connectivity index (χ0) is 10.0. The van der Waals surface area contributed by atoms with Crippen LogP contribution in [0.5, 0.6) is 0 Å². The van der Waals surface area contributed by atoms with Gasteiger partial charge in [0.25, 0.3) is 0 Å². The van der Waals surface area contributed by atoms with Gasteiger partial charge in [-0.05, 0) is 0 Å². The molecule has 7 nitrogen and oxygen atoms in total. The fourth-order valence-corrected chi connectivity index (χ4v) is 0.767. The molecular formula is C6H7N3O4. The van der Waals surface area contributed by atoms with Crippen molar-refractivity contribution in [2.24, 2.45) is 10.7 Å². The molecule has 0 fully saturated rings. The number of nitrogens with two attached hydrogens (primary N) is 1. The average Bonchev–Trinajstić information content (AvgIpc) is 2.04. The van der Waals surface area contributed by atoms with Crippen LogP contribution in [0.3, 0.4) is 0 Å². The van der Waals surface area contributed by atoms with Crippen molar-refractivity contribution in [3.8, 4) is 0 Å². The Morgan fingerprint density at radius 2 is 2.15 bits per heavy atom.